The molecule has 1 aliphatic heterocycles. The molecular weight excluding hydrogens is 226 g/mol. The maximum Gasteiger partial charge on any atom is 0.188 e. The number of hydrogen-bond acceptors (Lipinski definition) is 4. The van der Waals surface area contributed by atoms with Crippen molar-refractivity contribution in [3.8, 4) is 0 Å². The van der Waals surface area contributed by atoms with Crippen LogP contribution in [-0.4, -0.2) is 16.6 Å². The average Bonchev–Trinajstić information content (AvgIpc) is 2.75. The molecule has 18 heavy (non-hydrogen) atoms. The van der Waals surface area contributed by atoms with Crippen LogP contribution < -0.4 is 16.8 Å². The molecule has 1 aromatic carbocycles. The molecule has 0 amide bonds. The molecule has 1 aromatic heterocycles. The highest BCUT2D eigenvalue weighted by Crippen LogP contribution is 2.18. The maximum absolute atomic E-state index is 6.16. The van der Waals surface area contributed by atoms with Crippen LogP contribution in [0, 0.1) is 0 Å². The zero-order valence-electron chi connectivity index (χ0n) is 9.85. The lowest BCUT2D eigenvalue weighted by Gasteiger charge is -2.28. The summed E-state index contributed by atoms with van der Waals surface area (Å²) in [6.45, 7) is 0. The third-order valence-corrected chi connectivity index (χ3v) is 3.01. The van der Waals surface area contributed by atoms with Crippen LogP contribution in [0.1, 0.15) is 5.56 Å². The molecule has 6 N–H and O–H groups in total. The molecule has 1 unspecified atom stereocenters. The minimum absolute atomic E-state index is 0.443. The minimum Gasteiger partial charge on any atom is -0.384 e. The first kappa shape index (κ1) is 10.9. The average molecular weight is 241 g/mol. The Kier molecular flexibility index (Phi) is 2.34. The van der Waals surface area contributed by atoms with Gasteiger partial charge >= 0.3 is 0 Å². The van der Waals surface area contributed by atoms with Gasteiger partial charge < -0.3 is 16.0 Å². The van der Waals surface area contributed by atoms with Gasteiger partial charge in [-0.2, -0.15) is 0 Å². The van der Waals surface area contributed by atoms with Gasteiger partial charge in [0, 0.05) is 24.3 Å². The first-order valence-electron chi connectivity index (χ1n) is 5.79. The smallest absolute Gasteiger partial charge is 0.188 e. The van der Waals surface area contributed by atoms with Crippen LogP contribution in [0.15, 0.2) is 47.7 Å². The Labute approximate surface area is 105 Å². The summed E-state index contributed by atoms with van der Waals surface area (Å²) >= 11 is 0. The van der Waals surface area contributed by atoms with Crippen molar-refractivity contribution in [1.29, 1.82) is 0 Å². The number of rotatable bonds is 2. The zero-order valence-corrected chi connectivity index (χ0v) is 9.85. The number of hydrogen-bond donors (Lipinski definition) is 4. The van der Waals surface area contributed by atoms with Crippen LogP contribution in [0.2, 0.25) is 0 Å². The molecule has 1 atom stereocenters. The molecule has 0 fully saturated rings. The number of fused-ring (bicyclic) bond motifs is 1. The molecule has 2 aromatic rings. The standard InChI is InChI=1S/C13H15N5/c14-12-4-6-17-13(15,18-12)8-9-1-2-11-10(7-9)3-5-16-11/h1-7,16-17H,8,15H2,(H2,14,18). The van der Waals surface area contributed by atoms with E-state index < -0.39 is 5.79 Å². The molecular formula is C13H15N5. The third-order valence-electron chi connectivity index (χ3n) is 3.01. The fourth-order valence-corrected chi connectivity index (χ4v) is 2.19. The van der Waals surface area contributed by atoms with Gasteiger partial charge in [0.15, 0.2) is 5.79 Å². The minimum atomic E-state index is -0.858. The number of aliphatic imine (C=N–C) groups is 1. The van der Waals surface area contributed by atoms with Gasteiger partial charge in [0.1, 0.15) is 5.84 Å². The van der Waals surface area contributed by atoms with E-state index in [1.807, 2.05) is 24.4 Å². The Hall–Kier alpha value is -2.27. The topological polar surface area (TPSA) is 92.2 Å². The van der Waals surface area contributed by atoms with Crippen LogP contribution in [0.3, 0.4) is 0 Å². The molecule has 0 spiro atoms. The van der Waals surface area contributed by atoms with Crippen LogP contribution in [-0.2, 0) is 6.42 Å². The highest BCUT2D eigenvalue weighted by molar-refractivity contribution is 5.92. The molecule has 0 radical (unpaired) electrons. The first-order valence-corrected chi connectivity index (χ1v) is 5.79. The zero-order chi connectivity index (χ0) is 12.6. The van der Waals surface area contributed by atoms with Crippen LogP contribution in [0.4, 0.5) is 0 Å². The predicted molar refractivity (Wildman–Crippen MR) is 72.8 cm³/mol. The summed E-state index contributed by atoms with van der Waals surface area (Å²) < 4.78 is 0. The number of aromatic nitrogens is 1. The number of H-pyrrole nitrogens is 1. The Bertz CT molecular complexity index is 640. The summed E-state index contributed by atoms with van der Waals surface area (Å²) in [4.78, 5) is 7.41. The Morgan fingerprint density at radius 2 is 2.17 bits per heavy atom. The molecule has 0 bridgehead atoms. The van der Waals surface area contributed by atoms with Crippen molar-refractivity contribution in [2.24, 2.45) is 16.5 Å². The number of aromatic amines is 1. The summed E-state index contributed by atoms with van der Waals surface area (Å²) in [7, 11) is 0. The second-order valence-electron chi connectivity index (χ2n) is 4.51. The highest BCUT2D eigenvalue weighted by atomic mass is 15.3. The Balaban J connectivity index is 1.89. The lowest BCUT2D eigenvalue weighted by Crippen LogP contribution is -2.54. The fourth-order valence-electron chi connectivity index (χ4n) is 2.19. The fraction of sp³-hybridized carbons (Fsp3) is 0.154. The normalized spacial score (nSPS) is 22.8. The third kappa shape index (κ3) is 1.96. The molecule has 5 nitrogen and oxygen atoms in total. The van der Waals surface area contributed by atoms with Crippen LogP contribution in [0.25, 0.3) is 10.9 Å². The van der Waals surface area contributed by atoms with E-state index in [2.05, 4.69) is 21.4 Å². The number of nitrogens with one attached hydrogen (secondary N) is 2. The van der Waals surface area contributed by atoms with E-state index in [9.17, 15) is 0 Å². The molecule has 2 heterocycles. The van der Waals surface area contributed by atoms with Crippen molar-refractivity contribution < 1.29 is 0 Å². The van der Waals surface area contributed by atoms with Gasteiger partial charge in [-0.05, 0) is 35.2 Å². The molecule has 0 aliphatic carbocycles. The van der Waals surface area contributed by atoms with E-state index in [1.165, 1.54) is 5.39 Å². The van der Waals surface area contributed by atoms with E-state index in [0.717, 1.165) is 11.1 Å². The van der Waals surface area contributed by atoms with Crippen molar-refractivity contribution >= 4 is 16.7 Å². The van der Waals surface area contributed by atoms with E-state index in [4.69, 9.17) is 11.5 Å². The maximum atomic E-state index is 6.16. The first-order chi connectivity index (χ1) is 8.65. The number of amidine groups is 1. The monoisotopic (exact) mass is 241 g/mol. The lowest BCUT2D eigenvalue weighted by molar-refractivity contribution is 0.390. The van der Waals surface area contributed by atoms with Gasteiger partial charge in [0.05, 0.1) is 0 Å². The Morgan fingerprint density at radius 1 is 1.28 bits per heavy atom. The lowest BCUT2D eigenvalue weighted by atomic mass is 10.0. The molecule has 92 valence electrons. The second-order valence-corrected chi connectivity index (χ2v) is 4.51. The van der Waals surface area contributed by atoms with E-state index >= 15 is 0 Å². The van der Waals surface area contributed by atoms with Crippen LogP contribution in [0.5, 0.6) is 0 Å². The van der Waals surface area contributed by atoms with Gasteiger partial charge in [-0.15, -0.1) is 0 Å². The Morgan fingerprint density at radius 3 is 3.00 bits per heavy atom. The van der Waals surface area contributed by atoms with Gasteiger partial charge in [-0.25, -0.2) is 4.99 Å². The van der Waals surface area contributed by atoms with Gasteiger partial charge in [0.2, 0.25) is 0 Å². The van der Waals surface area contributed by atoms with Crippen molar-refractivity contribution in [2.75, 3.05) is 0 Å². The van der Waals surface area contributed by atoms with Crippen molar-refractivity contribution in [3.63, 3.8) is 0 Å². The summed E-state index contributed by atoms with van der Waals surface area (Å²) in [5.74, 6) is -0.415. The molecule has 1 aliphatic rings. The van der Waals surface area contributed by atoms with Gasteiger partial charge in [0.25, 0.3) is 0 Å². The molecule has 0 saturated heterocycles. The molecule has 5 heteroatoms. The van der Waals surface area contributed by atoms with Gasteiger partial charge in [-0.3, -0.25) is 5.73 Å². The highest BCUT2D eigenvalue weighted by Gasteiger charge is 2.25. The van der Waals surface area contributed by atoms with Crippen LogP contribution >= 0.6 is 0 Å². The summed E-state index contributed by atoms with van der Waals surface area (Å²) in [5, 5.41) is 4.20. The second kappa shape index (κ2) is 3.89. The number of benzene rings is 1. The van der Waals surface area contributed by atoms with Gasteiger partial charge in [-0.1, -0.05) is 6.07 Å². The quantitative estimate of drug-likeness (QED) is 0.626. The van der Waals surface area contributed by atoms with E-state index in [0.29, 0.717) is 12.3 Å². The summed E-state index contributed by atoms with van der Waals surface area (Å²) in [6.07, 6.45) is 5.93. The summed E-state index contributed by atoms with van der Waals surface area (Å²) in [6, 6.07) is 8.22. The number of nitrogens with zero attached hydrogens (tertiary/aromatic N) is 1. The SMILES string of the molecule is NC1=NC(N)(Cc2ccc3[nH]ccc3c2)NC=C1. The van der Waals surface area contributed by atoms with Crippen molar-refractivity contribution in [2.45, 2.75) is 12.2 Å². The predicted octanol–water partition coefficient (Wildman–Crippen LogP) is 0.797. The summed E-state index contributed by atoms with van der Waals surface area (Å²) in [5.41, 5.74) is 14.1. The van der Waals surface area contributed by atoms with Crippen molar-refractivity contribution in [1.82, 2.24) is 10.3 Å². The van der Waals surface area contributed by atoms with E-state index in [-0.39, 0.29) is 0 Å². The van der Waals surface area contributed by atoms with Crippen molar-refractivity contribution in [3.05, 3.63) is 48.3 Å². The van der Waals surface area contributed by atoms with E-state index in [1.54, 1.807) is 12.3 Å². The molecule has 3 rings (SSSR count). The number of nitrogens with two attached hydrogens (primary N) is 2. The molecule has 0 saturated carbocycles. The largest absolute Gasteiger partial charge is 0.384 e.